The highest BCUT2D eigenvalue weighted by atomic mass is 79.9. The zero-order valence-corrected chi connectivity index (χ0v) is 8.89. The second-order valence-corrected chi connectivity index (χ2v) is 4.30. The Kier molecular flexibility index (Phi) is 3.29. The lowest BCUT2D eigenvalue weighted by Gasteiger charge is -2.01. The van der Waals surface area contributed by atoms with E-state index in [-0.39, 0.29) is 10.6 Å². The van der Waals surface area contributed by atoms with Crippen LogP contribution in [0.1, 0.15) is 17.3 Å². The van der Waals surface area contributed by atoms with E-state index in [0.29, 0.717) is 10.6 Å². The van der Waals surface area contributed by atoms with Crippen LogP contribution in [0.2, 0.25) is 5.02 Å². The molecule has 3 heteroatoms. The van der Waals surface area contributed by atoms with Gasteiger partial charge in [-0.3, -0.25) is 4.79 Å². The first-order valence-electron chi connectivity index (χ1n) is 3.55. The third-order valence-electron chi connectivity index (χ3n) is 1.49. The summed E-state index contributed by atoms with van der Waals surface area (Å²) in [6.45, 7) is 1.80. The third kappa shape index (κ3) is 2.32. The van der Waals surface area contributed by atoms with Gasteiger partial charge in [-0.1, -0.05) is 27.5 Å². The average Bonchev–Trinajstić information content (AvgIpc) is 2.04. The van der Waals surface area contributed by atoms with Crippen molar-refractivity contribution >= 4 is 33.3 Å². The van der Waals surface area contributed by atoms with Gasteiger partial charge in [0.2, 0.25) is 0 Å². The van der Waals surface area contributed by atoms with Crippen LogP contribution in [0.4, 0.5) is 0 Å². The third-order valence-corrected chi connectivity index (χ3v) is 2.16. The number of rotatable bonds is 2. The van der Waals surface area contributed by atoms with Crippen LogP contribution in [0, 0.1) is 0 Å². The first-order valence-corrected chi connectivity index (χ1v) is 4.84. The molecule has 0 fully saturated rings. The number of Topliss-reactive ketones (excluding diaryl/α,β-unsaturated/α-hetero) is 1. The minimum absolute atomic E-state index is 0.0756. The number of carbonyl (C=O) groups is 1. The van der Waals surface area contributed by atoms with Crippen molar-refractivity contribution in [1.82, 2.24) is 0 Å². The molecule has 0 saturated heterocycles. The highest BCUT2D eigenvalue weighted by molar-refractivity contribution is 9.10. The number of benzene rings is 1. The minimum Gasteiger partial charge on any atom is -0.293 e. The normalized spacial score (nSPS) is 12.6. The Bertz CT molecular complexity index is 279. The molecule has 1 nitrogen and oxygen atoms in total. The fraction of sp³-hybridized carbons (Fsp3) is 0.222. The predicted octanol–water partition coefficient (Wildman–Crippen LogP) is 3.31. The average molecular weight is 248 g/mol. The summed E-state index contributed by atoms with van der Waals surface area (Å²) in [6, 6.07) is 6.87. The maximum absolute atomic E-state index is 11.4. The number of carbonyl (C=O) groups excluding carboxylic acids is 1. The maximum Gasteiger partial charge on any atom is 0.176 e. The lowest BCUT2D eigenvalue weighted by atomic mass is 10.1. The second-order valence-electron chi connectivity index (χ2n) is 2.49. The van der Waals surface area contributed by atoms with Gasteiger partial charge in [0.1, 0.15) is 0 Å². The van der Waals surface area contributed by atoms with Crippen LogP contribution in [-0.2, 0) is 0 Å². The molecule has 1 aromatic carbocycles. The van der Waals surface area contributed by atoms with Crippen LogP contribution in [0.15, 0.2) is 24.3 Å². The van der Waals surface area contributed by atoms with Gasteiger partial charge in [0.05, 0.1) is 4.83 Å². The molecule has 0 radical (unpaired) electrons. The molecule has 1 rings (SSSR count). The van der Waals surface area contributed by atoms with E-state index in [1.807, 2.05) is 0 Å². The van der Waals surface area contributed by atoms with E-state index in [9.17, 15) is 4.79 Å². The van der Waals surface area contributed by atoms with Gasteiger partial charge in [-0.15, -0.1) is 0 Å². The quantitative estimate of drug-likeness (QED) is 0.579. The zero-order chi connectivity index (χ0) is 9.14. The lowest BCUT2D eigenvalue weighted by molar-refractivity contribution is 0.0996. The van der Waals surface area contributed by atoms with Gasteiger partial charge in [-0.2, -0.15) is 0 Å². The van der Waals surface area contributed by atoms with Gasteiger partial charge in [0, 0.05) is 10.6 Å². The summed E-state index contributed by atoms with van der Waals surface area (Å²) in [6.07, 6.45) is 0. The summed E-state index contributed by atoms with van der Waals surface area (Å²) in [5.41, 5.74) is 0.684. The molecule has 1 atom stereocenters. The molecular formula is C9H8BrClO. The molecule has 0 amide bonds. The molecule has 12 heavy (non-hydrogen) atoms. The lowest BCUT2D eigenvalue weighted by Crippen LogP contribution is -2.09. The molecule has 1 unspecified atom stereocenters. The second kappa shape index (κ2) is 4.06. The highest BCUT2D eigenvalue weighted by Crippen LogP contribution is 2.13. The Balaban J connectivity index is 2.90. The van der Waals surface area contributed by atoms with Crippen molar-refractivity contribution in [3.63, 3.8) is 0 Å². The fourth-order valence-electron chi connectivity index (χ4n) is 0.844. The predicted molar refractivity (Wildman–Crippen MR) is 54.2 cm³/mol. The maximum atomic E-state index is 11.4. The van der Waals surface area contributed by atoms with Crippen molar-refractivity contribution in [2.45, 2.75) is 11.8 Å². The van der Waals surface area contributed by atoms with Gasteiger partial charge in [0.15, 0.2) is 5.78 Å². The summed E-state index contributed by atoms with van der Waals surface area (Å²) in [5, 5.41) is 0.647. The number of alkyl halides is 1. The van der Waals surface area contributed by atoms with E-state index in [0.717, 1.165) is 0 Å². The minimum atomic E-state index is -0.140. The Morgan fingerprint density at radius 2 is 1.92 bits per heavy atom. The Morgan fingerprint density at radius 3 is 2.33 bits per heavy atom. The van der Waals surface area contributed by atoms with E-state index >= 15 is 0 Å². The van der Waals surface area contributed by atoms with Crippen molar-refractivity contribution in [2.24, 2.45) is 0 Å². The number of hydrogen-bond acceptors (Lipinski definition) is 1. The van der Waals surface area contributed by atoms with E-state index in [2.05, 4.69) is 15.9 Å². The van der Waals surface area contributed by atoms with Crippen LogP contribution < -0.4 is 0 Å². The van der Waals surface area contributed by atoms with E-state index in [4.69, 9.17) is 11.6 Å². The van der Waals surface area contributed by atoms with E-state index in [1.165, 1.54) is 0 Å². The molecule has 0 aliphatic rings. The summed E-state index contributed by atoms with van der Waals surface area (Å²) < 4.78 is 0. The summed E-state index contributed by atoms with van der Waals surface area (Å²) >= 11 is 8.89. The van der Waals surface area contributed by atoms with Crippen molar-refractivity contribution in [3.8, 4) is 0 Å². The molecule has 0 bridgehead atoms. The van der Waals surface area contributed by atoms with Crippen molar-refractivity contribution in [2.75, 3.05) is 0 Å². The molecule has 0 aliphatic heterocycles. The van der Waals surface area contributed by atoms with Crippen molar-refractivity contribution in [3.05, 3.63) is 34.9 Å². The van der Waals surface area contributed by atoms with Crippen LogP contribution in [0.25, 0.3) is 0 Å². The Hall–Kier alpha value is -0.340. The molecule has 0 saturated carbocycles. The molecule has 0 aromatic heterocycles. The van der Waals surface area contributed by atoms with Gasteiger partial charge in [-0.05, 0) is 31.2 Å². The zero-order valence-electron chi connectivity index (χ0n) is 6.55. The fourth-order valence-corrected chi connectivity index (χ4v) is 1.23. The van der Waals surface area contributed by atoms with Crippen LogP contribution in [-0.4, -0.2) is 10.6 Å². The van der Waals surface area contributed by atoms with Gasteiger partial charge in [0.25, 0.3) is 0 Å². The number of hydrogen-bond donors (Lipinski definition) is 0. The van der Waals surface area contributed by atoms with Gasteiger partial charge < -0.3 is 0 Å². The molecule has 64 valence electrons. The molecule has 0 aliphatic carbocycles. The van der Waals surface area contributed by atoms with Crippen LogP contribution in [0.5, 0.6) is 0 Å². The van der Waals surface area contributed by atoms with Gasteiger partial charge >= 0.3 is 0 Å². The molecule has 0 heterocycles. The number of halogens is 2. The smallest absolute Gasteiger partial charge is 0.176 e. The SMILES string of the molecule is CC(Br)C(=O)c1ccc(Cl)cc1. The monoisotopic (exact) mass is 246 g/mol. The highest BCUT2D eigenvalue weighted by Gasteiger charge is 2.10. The van der Waals surface area contributed by atoms with Crippen molar-refractivity contribution in [1.29, 1.82) is 0 Å². The largest absolute Gasteiger partial charge is 0.293 e. The van der Waals surface area contributed by atoms with Gasteiger partial charge in [-0.25, -0.2) is 0 Å². The Morgan fingerprint density at radius 1 is 1.42 bits per heavy atom. The molecule has 0 N–H and O–H groups in total. The molecular weight excluding hydrogens is 239 g/mol. The first-order chi connectivity index (χ1) is 5.61. The summed E-state index contributed by atoms with van der Waals surface area (Å²) in [7, 11) is 0. The molecule has 0 spiro atoms. The standard InChI is InChI=1S/C9H8BrClO/c1-6(10)9(12)7-2-4-8(11)5-3-7/h2-6H,1H3. The van der Waals surface area contributed by atoms with Crippen LogP contribution in [0.3, 0.4) is 0 Å². The number of ketones is 1. The van der Waals surface area contributed by atoms with E-state index < -0.39 is 0 Å². The van der Waals surface area contributed by atoms with E-state index in [1.54, 1.807) is 31.2 Å². The first kappa shape index (κ1) is 9.75. The van der Waals surface area contributed by atoms with Crippen molar-refractivity contribution < 1.29 is 4.79 Å². The topological polar surface area (TPSA) is 17.1 Å². The Labute approximate surface area is 84.9 Å². The summed E-state index contributed by atoms with van der Waals surface area (Å²) in [5.74, 6) is 0.0756. The molecule has 1 aromatic rings. The van der Waals surface area contributed by atoms with Crippen LogP contribution >= 0.6 is 27.5 Å². The summed E-state index contributed by atoms with van der Waals surface area (Å²) in [4.78, 5) is 11.2.